The molecule has 3 aliphatic rings. The van der Waals surface area contributed by atoms with Crippen LogP contribution in [0.5, 0.6) is 17.6 Å². The summed E-state index contributed by atoms with van der Waals surface area (Å²) in [6.45, 7) is 1.80. The third-order valence-electron chi connectivity index (χ3n) is 15.8. The fraction of sp³-hybridized carbons (Fsp3) is 0.328. The van der Waals surface area contributed by atoms with Crippen molar-refractivity contribution in [1.29, 1.82) is 0 Å². The zero-order chi connectivity index (χ0) is 67.7. The number of hydrogen-bond donors (Lipinski definition) is 8. The molecule has 12 rings (SSSR count). The minimum atomic E-state index is -0.809. The summed E-state index contributed by atoms with van der Waals surface area (Å²) in [6.07, 6.45) is 4.74. The van der Waals surface area contributed by atoms with E-state index in [1.165, 1.54) is 51.9 Å². The molecule has 0 saturated carbocycles. The molecule has 8 N–H and O–H groups in total. The van der Waals surface area contributed by atoms with Crippen LogP contribution in [0, 0.1) is 17.5 Å². The second-order valence-electron chi connectivity index (χ2n) is 22.1. The van der Waals surface area contributed by atoms with E-state index < -0.39 is 71.6 Å². The van der Waals surface area contributed by atoms with Crippen LogP contribution >= 0.6 is 23.2 Å². The van der Waals surface area contributed by atoms with Crippen molar-refractivity contribution in [2.75, 3.05) is 66.3 Å². The molecule has 3 fully saturated rings. The van der Waals surface area contributed by atoms with Gasteiger partial charge in [0.15, 0.2) is 0 Å². The van der Waals surface area contributed by atoms with Crippen LogP contribution < -0.4 is 39.6 Å². The van der Waals surface area contributed by atoms with Gasteiger partial charge in [0.1, 0.15) is 51.1 Å². The molecule has 511 valence electrons. The van der Waals surface area contributed by atoms with E-state index in [4.69, 9.17) is 51.6 Å². The van der Waals surface area contributed by atoms with Crippen molar-refractivity contribution in [1.82, 2.24) is 35.9 Å². The van der Waals surface area contributed by atoms with Crippen molar-refractivity contribution in [2.24, 2.45) is 0 Å². The van der Waals surface area contributed by atoms with Gasteiger partial charge in [-0.3, -0.25) is 24.8 Å². The fourth-order valence-corrected chi connectivity index (χ4v) is 10.9. The van der Waals surface area contributed by atoms with Gasteiger partial charge in [-0.1, -0.05) is 36.4 Å². The number of para-hydroxylation sites is 3. The number of halogens is 5. The average molecular weight is 1590 g/mol. The Morgan fingerprint density at radius 2 is 0.856 bits per heavy atom. The maximum absolute atomic E-state index is 14.5. The number of amides is 3. The molecule has 3 aliphatic heterocycles. The van der Waals surface area contributed by atoms with E-state index >= 15 is 0 Å². The number of hydrogen-bond acceptors (Lipinski definition) is 18. The largest absolute Gasteiger partial charge is 0.481 e. The molecule has 9 aromatic rings. The summed E-state index contributed by atoms with van der Waals surface area (Å²) in [4.78, 5) is 55.4. The summed E-state index contributed by atoms with van der Waals surface area (Å²) in [6, 6.07) is 27.9. The molecule has 23 nitrogen and oxygen atoms in total. The smallest absolute Gasteiger partial charge is 0.416 e. The van der Waals surface area contributed by atoms with Crippen molar-refractivity contribution in [2.45, 2.75) is 75.0 Å². The van der Waals surface area contributed by atoms with Crippen molar-refractivity contribution in [3.63, 3.8) is 0 Å². The number of benzene rings is 3. The number of rotatable bonds is 15. The molecule has 6 atom stereocenters. The first kappa shape index (κ1) is 76.5. The van der Waals surface area contributed by atoms with Crippen LogP contribution in [0.1, 0.15) is 84.1 Å². The molecule has 3 amide bonds. The van der Waals surface area contributed by atoms with Crippen LogP contribution in [-0.4, -0.2) is 166 Å². The first-order valence-corrected chi connectivity index (χ1v) is 31.1. The Kier molecular flexibility index (Phi) is 28.9. The number of carbonyl (C=O) groups is 3. The first-order valence-electron chi connectivity index (χ1n) is 30.0. The molecule has 9 heterocycles. The maximum atomic E-state index is 14.5. The quantitative estimate of drug-likeness (QED) is 0.0312. The Balaban J connectivity index is 0.000000199. The number of fused-ring (bicyclic) bond motifs is 3. The minimum Gasteiger partial charge on any atom is -0.481 e. The van der Waals surface area contributed by atoms with Gasteiger partial charge in [0.25, 0.3) is 17.7 Å². The number of nitrogens with zero attached hydrogens (tertiary/aromatic N) is 6. The van der Waals surface area contributed by atoms with Crippen LogP contribution in [0.3, 0.4) is 0 Å². The third-order valence-corrected chi connectivity index (χ3v) is 15.8. The molecule has 0 unspecified atom stereocenters. The number of pyridine rings is 6. The summed E-state index contributed by atoms with van der Waals surface area (Å²) in [5, 5.41) is 60.0. The van der Waals surface area contributed by atoms with Gasteiger partial charge in [-0.25, -0.2) is 33.1 Å². The molecule has 6 aromatic heterocycles. The SMILES string of the molecule is COc1cc(Cc2cc(C(=O)N[C@H]3CCOC[C@@H]3O)nc3c(F)cccc23)cc[n+]1O.COc1cc(Cc2cc(C(=O)N[C@H]3CCOC[C@@H]3O)nc3c(F)cccc23)cc[n+]1O.COc1cc(Cc2cc(C(=O)N[C@H]3CCOC[C@@H]3O)nc3c(F)cccc23)ccn1.ClCCl.[V].[W]. The summed E-state index contributed by atoms with van der Waals surface area (Å²) in [7, 11) is 4.42. The van der Waals surface area contributed by atoms with E-state index in [2.05, 4.69) is 35.9 Å². The van der Waals surface area contributed by atoms with E-state index in [9.17, 15) is 53.3 Å². The van der Waals surface area contributed by atoms with Gasteiger partial charge in [0, 0.05) is 109 Å². The van der Waals surface area contributed by atoms with E-state index in [-0.39, 0.29) is 110 Å². The monoisotopic (exact) mass is 1590 g/mol. The number of alkyl halides is 2. The topological polar surface area (TPSA) is 303 Å². The average Bonchev–Trinajstić information content (AvgIpc) is 0.803. The van der Waals surface area contributed by atoms with Crippen LogP contribution in [0.2, 0.25) is 0 Å². The van der Waals surface area contributed by atoms with Gasteiger partial charge in [-0.15, -0.1) is 23.2 Å². The van der Waals surface area contributed by atoms with Crippen LogP contribution in [0.4, 0.5) is 13.2 Å². The standard InChI is InChI=1S/2C22H22FN3O5.C22H22FN3O4.CH2Cl2.V.W/c2*1-30-20-10-13(5-7-26(20)29)9-14-11-18(24-21-15(14)3-2-4-16(21)23)22(28)25-17-6-8-31-12-19(17)27;1-29-20-10-13(5-7-24-20)9-14-11-18(25-21-15(14)3-2-4-16(21)23)22(28)26-17-6-8-30-12-19(17)27;2-1-3;;/h2*2-5,7,10-11,17,19,27H,6,8-9,12H2,1H3,(H-,25,28,29);2-5,7,10-11,17,19,27H,6,8-9,12H2,1H3,(H,26,28);1H2;;/p+2/t3*17-,19-;;;/m000.../s1. The van der Waals surface area contributed by atoms with Crippen molar-refractivity contribution < 1.29 is 131 Å². The van der Waals surface area contributed by atoms with E-state index in [1.807, 2.05) is 6.07 Å². The fourth-order valence-electron chi connectivity index (χ4n) is 10.9. The summed E-state index contributed by atoms with van der Waals surface area (Å²) < 4.78 is 76.3. The molecule has 0 bridgehead atoms. The Labute approximate surface area is 591 Å². The molecular formula is C67H70Cl2F3N9O14VW+2. The zero-order valence-corrected chi connectivity index (χ0v) is 58.5. The first-order chi connectivity index (χ1) is 45.9. The molecule has 0 spiro atoms. The van der Waals surface area contributed by atoms with Gasteiger partial charge in [0.2, 0.25) is 18.3 Å². The normalized spacial score (nSPS) is 18.0. The van der Waals surface area contributed by atoms with Crippen LogP contribution in [-0.2, 0) is 73.1 Å². The Morgan fingerprint density at radius 1 is 0.526 bits per heavy atom. The minimum absolute atomic E-state index is 0. The number of nitrogens with one attached hydrogen (secondary N) is 3. The maximum Gasteiger partial charge on any atom is 0.416 e. The number of aliphatic hydroxyl groups excluding tert-OH is 3. The van der Waals surface area contributed by atoms with Gasteiger partial charge >= 0.3 is 11.8 Å². The second-order valence-corrected chi connectivity index (χ2v) is 22.9. The van der Waals surface area contributed by atoms with Gasteiger partial charge < -0.3 is 59.7 Å². The molecule has 3 aromatic carbocycles. The van der Waals surface area contributed by atoms with Crippen LogP contribution in [0.15, 0.2) is 128 Å². The van der Waals surface area contributed by atoms with Gasteiger partial charge in [0.05, 0.1) is 95.1 Å². The number of methoxy groups -OCH3 is 3. The molecule has 30 heteroatoms. The predicted molar refractivity (Wildman–Crippen MR) is 340 cm³/mol. The van der Waals surface area contributed by atoms with Crippen LogP contribution in [0.25, 0.3) is 32.7 Å². The predicted octanol–water partition coefficient (Wildman–Crippen LogP) is 6.42. The second kappa shape index (κ2) is 36.7. The third kappa shape index (κ3) is 19.9. The van der Waals surface area contributed by atoms with Gasteiger partial charge in [-0.05, 0) is 114 Å². The summed E-state index contributed by atoms with van der Waals surface area (Å²) in [5.74, 6) is -2.03. The zero-order valence-electron chi connectivity index (χ0n) is 52.6. The number of carbonyl (C=O) groups excluding carboxylic acids is 3. The van der Waals surface area contributed by atoms with E-state index in [0.717, 1.165) is 31.7 Å². The van der Waals surface area contributed by atoms with Crippen molar-refractivity contribution in [3.05, 3.63) is 196 Å². The molecule has 1 radical (unpaired) electrons. The number of aromatic nitrogens is 6. The Bertz CT molecular complexity index is 4030. The Morgan fingerprint density at radius 3 is 1.16 bits per heavy atom. The summed E-state index contributed by atoms with van der Waals surface area (Å²) >= 11 is 9.53. The van der Waals surface area contributed by atoms with Crippen molar-refractivity contribution in [3.8, 4) is 17.6 Å². The molecule has 0 aliphatic carbocycles. The Hall–Kier alpha value is -7.85. The van der Waals surface area contributed by atoms with E-state index in [0.29, 0.717) is 91.5 Å². The molecule has 97 heavy (non-hydrogen) atoms. The molecule has 3 saturated heterocycles. The number of aliphatic hydroxyl groups is 3. The van der Waals surface area contributed by atoms with Gasteiger partial charge in [-0.2, -0.15) is 0 Å². The van der Waals surface area contributed by atoms with E-state index in [1.54, 1.807) is 91.1 Å². The number of ether oxygens (including phenoxy) is 6. The summed E-state index contributed by atoms with van der Waals surface area (Å²) in [5.41, 5.74) is 5.19. The molecular weight excluding hydrogens is 1520 g/mol. The van der Waals surface area contributed by atoms with Crippen molar-refractivity contribution >= 4 is 73.6 Å².